The molecular weight excluding hydrogens is 467 g/mol. The van der Waals surface area contributed by atoms with Gasteiger partial charge in [0.1, 0.15) is 5.82 Å². The van der Waals surface area contributed by atoms with Crippen molar-refractivity contribution in [2.45, 2.75) is 37.9 Å². The smallest absolute Gasteiger partial charge is 0.416 e. The van der Waals surface area contributed by atoms with Gasteiger partial charge in [-0.2, -0.15) is 18.3 Å². The number of carbonyl (C=O) groups is 1. The minimum Gasteiger partial charge on any atom is -0.468 e. The Kier molecular flexibility index (Phi) is 6.20. The minimum atomic E-state index is -4.54. The Bertz CT molecular complexity index is 1230. The van der Waals surface area contributed by atoms with E-state index in [0.29, 0.717) is 42.1 Å². The molecule has 0 radical (unpaired) electrons. The molecule has 0 spiro atoms. The molecule has 1 heterocycles. The molecule has 178 valence electrons. The van der Waals surface area contributed by atoms with Gasteiger partial charge in [-0.05, 0) is 49.1 Å². The maximum absolute atomic E-state index is 13.3. The fraction of sp³-hybridized carbons (Fsp3) is 0.280. The quantitative estimate of drug-likeness (QED) is 0.395. The van der Waals surface area contributed by atoms with Crippen LogP contribution in [-0.2, 0) is 27.7 Å². The van der Waals surface area contributed by atoms with E-state index in [2.05, 4.69) is 17.0 Å². The number of hydrogen-bond donors (Lipinski definition) is 1. The molecule has 0 saturated heterocycles. The first kappa shape index (κ1) is 23.9. The van der Waals surface area contributed by atoms with E-state index in [1.807, 2.05) is 30.3 Å². The van der Waals surface area contributed by atoms with Gasteiger partial charge in [-0.3, -0.25) is 4.79 Å². The number of nitrogens with one attached hydrogen (secondary N) is 1. The van der Waals surface area contributed by atoms with Crippen molar-refractivity contribution >= 4 is 29.5 Å². The van der Waals surface area contributed by atoms with Crippen LogP contribution in [0.15, 0.2) is 49.0 Å². The first-order valence-corrected chi connectivity index (χ1v) is 11.0. The molecule has 5 nitrogen and oxygen atoms in total. The molecule has 1 N–H and O–H groups in total. The summed E-state index contributed by atoms with van der Waals surface area (Å²) in [7, 11) is 1.33. The third-order valence-electron chi connectivity index (χ3n) is 6.01. The van der Waals surface area contributed by atoms with Crippen molar-refractivity contribution in [1.82, 2.24) is 9.78 Å². The van der Waals surface area contributed by atoms with Gasteiger partial charge in [0, 0.05) is 12.1 Å². The fourth-order valence-electron chi connectivity index (χ4n) is 4.20. The number of ether oxygens (including phenoxy) is 1. The number of hydrogen-bond acceptors (Lipinski definition) is 4. The van der Waals surface area contributed by atoms with Gasteiger partial charge in [-0.1, -0.05) is 48.5 Å². The lowest BCUT2D eigenvalue weighted by Gasteiger charge is -2.19. The molecule has 4 rings (SSSR count). The van der Waals surface area contributed by atoms with Crippen LogP contribution in [-0.4, -0.2) is 22.9 Å². The Morgan fingerprint density at radius 1 is 1.29 bits per heavy atom. The van der Waals surface area contributed by atoms with Crippen molar-refractivity contribution in [1.29, 1.82) is 0 Å². The molecule has 1 aliphatic rings. The van der Waals surface area contributed by atoms with E-state index in [4.69, 9.17) is 16.3 Å². The summed E-state index contributed by atoms with van der Waals surface area (Å²) < 4.78 is 46.5. The number of aromatic nitrogens is 2. The second kappa shape index (κ2) is 8.83. The number of aryl methyl sites for hydroxylation is 1. The molecule has 0 amide bonds. The summed E-state index contributed by atoms with van der Waals surface area (Å²) in [4.78, 5) is 12.8. The normalized spacial score (nSPS) is 14.5. The first-order valence-electron chi connectivity index (χ1n) is 10.6. The highest BCUT2D eigenvalue weighted by molar-refractivity contribution is 6.32. The third kappa shape index (κ3) is 4.18. The largest absolute Gasteiger partial charge is 0.468 e. The number of rotatable bonds is 7. The molecule has 0 bridgehead atoms. The summed E-state index contributed by atoms with van der Waals surface area (Å²) in [6.45, 7) is 5.77. The van der Waals surface area contributed by atoms with Gasteiger partial charge >= 0.3 is 12.1 Å². The van der Waals surface area contributed by atoms with Crippen molar-refractivity contribution in [2.24, 2.45) is 0 Å². The number of alkyl halides is 3. The zero-order chi connectivity index (χ0) is 24.7. The summed E-state index contributed by atoms with van der Waals surface area (Å²) in [5.41, 5.74) is 0.841. The summed E-state index contributed by atoms with van der Waals surface area (Å²) in [6, 6.07) is 11.5. The Balaban J connectivity index is 1.91. The van der Waals surface area contributed by atoms with E-state index in [-0.39, 0.29) is 10.6 Å². The lowest BCUT2D eigenvalue weighted by molar-refractivity contribution is -0.143. The van der Waals surface area contributed by atoms with E-state index in [1.54, 1.807) is 6.92 Å². The standard InChI is InChI=1S/C25H23ClF3N3O2/c1-4-19-20(24(10-11-24)23(33)34-3)22(30-14-16-8-6-5-7-9-16)32(31-19)21-15(2)12-17(13-18(21)26)25(27,28)29/h4-9,12-13,30H,1,10-11,14H2,2-3H3. The zero-order valence-electron chi connectivity index (χ0n) is 18.7. The molecule has 34 heavy (non-hydrogen) atoms. The molecule has 0 unspecified atom stereocenters. The molecule has 9 heteroatoms. The number of benzene rings is 2. The van der Waals surface area contributed by atoms with E-state index >= 15 is 0 Å². The highest BCUT2D eigenvalue weighted by Gasteiger charge is 2.56. The van der Waals surface area contributed by atoms with Crippen LogP contribution in [0.3, 0.4) is 0 Å². The average Bonchev–Trinajstić information content (AvgIpc) is 3.52. The Labute approximate surface area is 200 Å². The van der Waals surface area contributed by atoms with Gasteiger partial charge in [0.05, 0.1) is 34.5 Å². The third-order valence-corrected chi connectivity index (χ3v) is 6.29. The lowest BCUT2D eigenvalue weighted by Crippen LogP contribution is -2.24. The zero-order valence-corrected chi connectivity index (χ0v) is 19.4. The SMILES string of the molecule is C=Cc1nn(-c2c(C)cc(C(F)(F)F)cc2Cl)c(NCc2ccccc2)c1C1(C(=O)OC)CC1. The van der Waals surface area contributed by atoms with Crippen LogP contribution in [0.1, 0.15) is 40.8 Å². The lowest BCUT2D eigenvalue weighted by atomic mass is 9.95. The summed E-state index contributed by atoms with van der Waals surface area (Å²) in [5.74, 6) is 0.0690. The van der Waals surface area contributed by atoms with Gasteiger partial charge in [0.25, 0.3) is 0 Å². The van der Waals surface area contributed by atoms with Crippen LogP contribution in [0.25, 0.3) is 11.8 Å². The maximum atomic E-state index is 13.3. The second-order valence-corrected chi connectivity index (χ2v) is 8.67. The molecule has 3 aromatic rings. The Hall–Kier alpha value is -3.26. The van der Waals surface area contributed by atoms with Crippen LogP contribution < -0.4 is 5.32 Å². The molecule has 1 saturated carbocycles. The molecule has 1 aromatic heterocycles. The molecule has 0 aliphatic heterocycles. The fourth-order valence-corrected chi connectivity index (χ4v) is 4.55. The average molecular weight is 490 g/mol. The number of anilines is 1. The van der Waals surface area contributed by atoms with Crippen molar-refractivity contribution in [3.63, 3.8) is 0 Å². The second-order valence-electron chi connectivity index (χ2n) is 8.26. The molecule has 0 atom stereocenters. The number of nitrogens with zero attached hydrogens (tertiary/aromatic N) is 2. The van der Waals surface area contributed by atoms with E-state index in [0.717, 1.165) is 17.7 Å². The van der Waals surface area contributed by atoms with Gasteiger partial charge < -0.3 is 10.1 Å². The number of halogens is 4. The molecule has 1 aliphatic carbocycles. The van der Waals surface area contributed by atoms with E-state index < -0.39 is 23.1 Å². The van der Waals surface area contributed by atoms with Crippen molar-refractivity contribution in [2.75, 3.05) is 12.4 Å². The van der Waals surface area contributed by atoms with Crippen molar-refractivity contribution in [3.05, 3.63) is 82.0 Å². The van der Waals surface area contributed by atoms with Gasteiger partial charge in [-0.15, -0.1) is 0 Å². The predicted octanol–water partition coefficient (Wildman–Crippen LogP) is 6.31. The minimum absolute atomic E-state index is 0.109. The van der Waals surface area contributed by atoms with Crippen LogP contribution in [0.4, 0.5) is 19.0 Å². The van der Waals surface area contributed by atoms with Gasteiger partial charge in [0.2, 0.25) is 0 Å². The summed E-state index contributed by atoms with van der Waals surface area (Å²) >= 11 is 6.38. The van der Waals surface area contributed by atoms with Crippen molar-refractivity contribution in [3.8, 4) is 5.69 Å². The summed E-state index contributed by atoms with van der Waals surface area (Å²) in [5, 5.41) is 7.84. The predicted molar refractivity (Wildman–Crippen MR) is 125 cm³/mol. The van der Waals surface area contributed by atoms with Gasteiger partial charge in [0.15, 0.2) is 0 Å². The number of methoxy groups -OCH3 is 1. The molecule has 2 aromatic carbocycles. The maximum Gasteiger partial charge on any atom is 0.416 e. The van der Waals surface area contributed by atoms with Crippen LogP contribution in [0.5, 0.6) is 0 Å². The number of carbonyl (C=O) groups excluding carboxylic acids is 1. The van der Waals surface area contributed by atoms with E-state index in [1.165, 1.54) is 17.9 Å². The Morgan fingerprint density at radius 2 is 1.97 bits per heavy atom. The monoisotopic (exact) mass is 489 g/mol. The van der Waals surface area contributed by atoms with Crippen molar-refractivity contribution < 1.29 is 22.7 Å². The van der Waals surface area contributed by atoms with E-state index in [9.17, 15) is 18.0 Å². The topological polar surface area (TPSA) is 56.2 Å². The number of esters is 1. The molecular formula is C25H23ClF3N3O2. The Morgan fingerprint density at radius 3 is 2.50 bits per heavy atom. The molecule has 1 fully saturated rings. The van der Waals surface area contributed by atoms with Crippen LogP contribution in [0, 0.1) is 6.92 Å². The van der Waals surface area contributed by atoms with Crippen LogP contribution in [0.2, 0.25) is 5.02 Å². The highest BCUT2D eigenvalue weighted by Crippen LogP contribution is 2.54. The first-order chi connectivity index (χ1) is 16.1. The van der Waals surface area contributed by atoms with Crippen LogP contribution >= 0.6 is 11.6 Å². The van der Waals surface area contributed by atoms with Gasteiger partial charge in [-0.25, -0.2) is 4.68 Å². The summed E-state index contributed by atoms with van der Waals surface area (Å²) in [6.07, 6.45) is -1.89. The highest BCUT2D eigenvalue weighted by atomic mass is 35.5.